The first-order valence-corrected chi connectivity index (χ1v) is 19.9. The summed E-state index contributed by atoms with van der Waals surface area (Å²) in [5.41, 5.74) is 0. The first kappa shape index (κ1) is 18.0. The van der Waals surface area contributed by atoms with Gasteiger partial charge in [0, 0.05) is 41.3 Å². The van der Waals surface area contributed by atoms with Gasteiger partial charge >= 0.3 is 101 Å². The van der Waals surface area contributed by atoms with Gasteiger partial charge in [0.15, 0.2) is 0 Å². The minimum atomic E-state index is -3.39. The molecule has 7 heteroatoms. The average Bonchev–Trinajstić information content (AvgIpc) is 0.722. The normalized spacial score (nSPS) is 8.57. The zero-order valence-electron chi connectivity index (χ0n) is 2.59. The van der Waals surface area contributed by atoms with Crippen LogP contribution in [0.25, 0.3) is 0 Å². The van der Waals surface area contributed by atoms with E-state index in [9.17, 15) is 0 Å². The topological polar surface area (TPSA) is 0 Å². The van der Waals surface area contributed by atoms with Crippen LogP contribution in [0.5, 0.6) is 0 Å². The van der Waals surface area contributed by atoms with Gasteiger partial charge in [-0.3, -0.25) is 0 Å². The molecule has 0 saturated carbocycles. The number of rotatable bonds is 0. The van der Waals surface area contributed by atoms with E-state index in [1.54, 1.807) is 0 Å². The van der Waals surface area contributed by atoms with Crippen LogP contribution >= 0.6 is 33.3 Å². The van der Waals surface area contributed by atoms with Crippen molar-refractivity contribution in [3.8, 4) is 0 Å². The van der Waals surface area contributed by atoms with Crippen LogP contribution < -0.4 is 0 Å². The molecule has 0 N–H and O–H groups in total. The second-order valence-electron chi connectivity index (χ2n) is 0.429. The largest absolute Gasteiger partial charge is 0 e. The van der Waals surface area contributed by atoms with Gasteiger partial charge < -0.3 is 0 Å². The van der Waals surface area contributed by atoms with E-state index in [4.69, 9.17) is 33.3 Å². The van der Waals surface area contributed by atoms with Gasteiger partial charge in [0.1, 0.15) is 0 Å². The SMILES string of the molecule is [Cl][Pb]([Cl])([Cl])[Cl].[KH].[Pr]. The maximum absolute atomic E-state index is 5.05. The maximum Gasteiger partial charge on any atom is 0 e. The van der Waals surface area contributed by atoms with Crippen LogP contribution in [0.4, 0.5) is 0 Å². The Labute approximate surface area is 137 Å². The van der Waals surface area contributed by atoms with Crippen molar-refractivity contribution in [2.45, 2.75) is 0 Å². The van der Waals surface area contributed by atoms with Gasteiger partial charge in [-0.1, -0.05) is 0 Å². The van der Waals surface area contributed by atoms with Gasteiger partial charge in [0.05, 0.1) is 0 Å². The molecule has 0 nitrogen and oxygen atoms in total. The van der Waals surface area contributed by atoms with E-state index in [0.29, 0.717) is 0 Å². The van der Waals surface area contributed by atoms with E-state index >= 15 is 0 Å². The van der Waals surface area contributed by atoms with Gasteiger partial charge in [-0.15, -0.1) is 0 Å². The molecular formula is HCl4KPbPr. The molecule has 0 unspecified atom stereocenters. The quantitative estimate of drug-likeness (QED) is 0.419. The van der Waals surface area contributed by atoms with Crippen LogP contribution in [0.1, 0.15) is 0 Å². The van der Waals surface area contributed by atoms with Gasteiger partial charge in [0.25, 0.3) is 0 Å². The first-order valence-electron chi connectivity index (χ1n) is 0.756. The maximum atomic E-state index is 5.05. The standard InChI is InChI=1S/4ClH.K.Pb.Pr.H/h4*1H;;;;/q;;;;;+4;;/p-4. The minimum Gasteiger partial charge on any atom is 0 e. The smallest absolute Gasteiger partial charge is 0 e. The monoisotopic (exact) mass is 529 g/mol. The molecule has 0 fully saturated rings. The Morgan fingerprint density at radius 2 is 0.857 bits per heavy atom. The summed E-state index contributed by atoms with van der Waals surface area (Å²) in [5, 5.41) is 0. The second kappa shape index (κ2) is 9.17. The fourth-order valence-electron chi connectivity index (χ4n) is 0. The second-order valence-corrected chi connectivity index (χ2v) is 33.8. The van der Waals surface area contributed by atoms with Gasteiger partial charge in [-0.05, 0) is 0 Å². The molecule has 0 aliphatic carbocycles. The van der Waals surface area contributed by atoms with Crippen molar-refractivity contribution in [3.05, 3.63) is 0 Å². The molecule has 0 amide bonds. The molecule has 37 valence electrons. The molecule has 1 radical (unpaired) electrons. The molecule has 0 aromatic rings. The summed E-state index contributed by atoms with van der Waals surface area (Å²) in [6.45, 7) is 0. The molecule has 0 spiro atoms. The fourth-order valence-corrected chi connectivity index (χ4v) is 0. The summed E-state index contributed by atoms with van der Waals surface area (Å²) in [5.74, 6) is 0. The van der Waals surface area contributed by atoms with E-state index in [1.165, 1.54) is 0 Å². The molecule has 0 aliphatic heterocycles. The predicted molar refractivity (Wildman–Crippen MR) is 36.3 cm³/mol. The summed E-state index contributed by atoms with van der Waals surface area (Å²) in [6, 6.07) is 0. The Kier molecular flexibility index (Phi) is 23.6. The molecule has 0 saturated heterocycles. The Morgan fingerprint density at radius 1 is 0.857 bits per heavy atom. The van der Waals surface area contributed by atoms with Crippen LogP contribution in [-0.4, -0.2) is 67.7 Å². The van der Waals surface area contributed by atoms with Crippen molar-refractivity contribution < 1.29 is 41.3 Å². The molecule has 7 heavy (non-hydrogen) atoms. The third kappa shape index (κ3) is 35.4. The number of hydrogen-bond donors (Lipinski definition) is 0. The molecule has 0 bridgehead atoms. The summed E-state index contributed by atoms with van der Waals surface area (Å²) in [4.78, 5) is 0. The van der Waals surface area contributed by atoms with E-state index < -0.39 is 16.3 Å². The van der Waals surface area contributed by atoms with E-state index in [1.807, 2.05) is 0 Å². The summed E-state index contributed by atoms with van der Waals surface area (Å²) in [7, 11) is 20.2. The summed E-state index contributed by atoms with van der Waals surface area (Å²) < 4.78 is 0. The zero-order chi connectivity index (χ0) is 4.50. The molecule has 0 aromatic heterocycles. The Bertz CT molecular complexity index is 27.2. The molecule has 0 rings (SSSR count). The van der Waals surface area contributed by atoms with Crippen molar-refractivity contribution in [2.24, 2.45) is 0 Å². The molecular weight excluding hydrogens is 529 g/mol. The molecule has 0 heterocycles. The van der Waals surface area contributed by atoms with Crippen LogP contribution in [0.3, 0.4) is 0 Å². The number of hydrogen-bond acceptors (Lipinski definition) is 0. The number of halogens is 4. The average molecular weight is 530 g/mol. The predicted octanol–water partition coefficient (Wildman–Crippen LogP) is 1.73. The fraction of sp³-hybridized carbons (Fsp3) is 0. The summed E-state index contributed by atoms with van der Waals surface area (Å²) >= 11 is -3.39. The van der Waals surface area contributed by atoms with Crippen LogP contribution in [0, 0.1) is 41.3 Å². The van der Waals surface area contributed by atoms with Crippen molar-refractivity contribution in [1.82, 2.24) is 0 Å². The third-order valence-electron chi connectivity index (χ3n) is 0. The Hall–Kier alpha value is 5.08. The van der Waals surface area contributed by atoms with Crippen LogP contribution in [-0.2, 0) is 0 Å². The van der Waals surface area contributed by atoms with E-state index in [2.05, 4.69) is 0 Å². The Balaban J connectivity index is -0.0000000800. The van der Waals surface area contributed by atoms with Gasteiger partial charge in [-0.2, -0.15) is 0 Å². The van der Waals surface area contributed by atoms with Crippen molar-refractivity contribution in [1.29, 1.82) is 0 Å². The van der Waals surface area contributed by atoms with Crippen LogP contribution in [0.2, 0.25) is 0 Å². The Morgan fingerprint density at radius 3 is 0.857 bits per heavy atom. The zero-order valence-corrected chi connectivity index (χ0v) is 13.2. The van der Waals surface area contributed by atoms with Crippen LogP contribution in [0.15, 0.2) is 0 Å². The molecule has 0 aromatic carbocycles. The van der Waals surface area contributed by atoms with Crippen molar-refractivity contribution in [2.75, 3.05) is 0 Å². The van der Waals surface area contributed by atoms with Gasteiger partial charge in [-0.25, -0.2) is 0 Å². The third-order valence-corrected chi connectivity index (χ3v) is 0. The molecule has 0 aliphatic rings. The van der Waals surface area contributed by atoms with Crippen molar-refractivity contribution >= 4 is 101 Å². The first-order chi connectivity index (χ1) is 2.00. The van der Waals surface area contributed by atoms with E-state index in [-0.39, 0.29) is 92.7 Å². The molecule has 0 atom stereocenters. The van der Waals surface area contributed by atoms with Gasteiger partial charge in [0.2, 0.25) is 0 Å². The summed E-state index contributed by atoms with van der Waals surface area (Å²) in [6.07, 6.45) is 0. The van der Waals surface area contributed by atoms with E-state index in [0.717, 1.165) is 0 Å². The minimum absolute atomic E-state index is 0. The van der Waals surface area contributed by atoms with Crippen molar-refractivity contribution in [3.63, 3.8) is 0 Å².